The van der Waals surface area contributed by atoms with Gasteiger partial charge in [0.1, 0.15) is 17.2 Å². The molecule has 7 nitrogen and oxygen atoms in total. The lowest BCUT2D eigenvalue weighted by atomic mass is 10.1. The van der Waals surface area contributed by atoms with Crippen molar-refractivity contribution in [3.8, 4) is 11.4 Å². The van der Waals surface area contributed by atoms with Crippen LogP contribution < -0.4 is 16.6 Å². The molecular formula is C19H18FN5O2. The van der Waals surface area contributed by atoms with Crippen molar-refractivity contribution in [3.05, 3.63) is 58.1 Å². The summed E-state index contributed by atoms with van der Waals surface area (Å²) in [6.07, 6.45) is 0. The second-order valence-corrected chi connectivity index (χ2v) is 6.24. The Labute approximate surface area is 153 Å². The number of hydrogen-bond donors (Lipinski definition) is 5. The number of nitrogens with one attached hydrogen (secondary N) is 3. The minimum atomic E-state index is -0.504. The molecule has 138 valence electrons. The van der Waals surface area contributed by atoms with Crippen LogP contribution in [0.4, 0.5) is 10.1 Å². The lowest BCUT2D eigenvalue weighted by Gasteiger charge is -2.07. The first kappa shape index (κ1) is 17.2. The molecule has 0 aliphatic heterocycles. The predicted octanol–water partition coefficient (Wildman–Crippen LogP) is 1.87. The molecule has 8 heteroatoms. The molecule has 27 heavy (non-hydrogen) atoms. The summed E-state index contributed by atoms with van der Waals surface area (Å²) in [6, 6.07) is 10.1. The highest BCUT2D eigenvalue weighted by atomic mass is 19.1. The van der Waals surface area contributed by atoms with E-state index in [1.54, 1.807) is 6.07 Å². The van der Waals surface area contributed by atoms with Gasteiger partial charge in [-0.3, -0.25) is 4.79 Å². The molecule has 0 atom stereocenters. The normalized spacial score (nSPS) is 11.5. The molecule has 0 spiro atoms. The zero-order valence-electron chi connectivity index (χ0n) is 14.3. The highest BCUT2D eigenvalue weighted by Gasteiger charge is 2.18. The standard InChI is InChI=1S/C19H18FN5O2/c20-11-2-1-3-13-15(11)17(21)16(19(27)25-13)18-23-12-5-4-10(8-14(12)24-18)9-22-6-7-26/h1-5,8,22,26H,6-7,9H2,(H,23,24)(H3,21,25,27). The Morgan fingerprint density at radius 3 is 2.85 bits per heavy atom. The number of fused-ring (bicyclic) bond motifs is 2. The lowest BCUT2D eigenvalue weighted by Crippen LogP contribution is -2.17. The summed E-state index contributed by atoms with van der Waals surface area (Å²) in [4.78, 5) is 22.7. The van der Waals surface area contributed by atoms with Crippen LogP contribution in [0.15, 0.2) is 41.2 Å². The number of anilines is 1. The van der Waals surface area contributed by atoms with Crippen LogP contribution in [0.1, 0.15) is 5.56 Å². The van der Waals surface area contributed by atoms with Gasteiger partial charge in [-0.1, -0.05) is 12.1 Å². The number of benzene rings is 2. The van der Waals surface area contributed by atoms with Gasteiger partial charge in [0.25, 0.3) is 5.56 Å². The van der Waals surface area contributed by atoms with Gasteiger partial charge in [0.05, 0.1) is 34.2 Å². The molecule has 0 aliphatic rings. The van der Waals surface area contributed by atoms with Crippen LogP contribution in [-0.2, 0) is 6.54 Å². The average molecular weight is 367 g/mol. The summed E-state index contributed by atoms with van der Waals surface area (Å²) in [5.41, 5.74) is 8.61. The number of H-pyrrole nitrogens is 2. The van der Waals surface area contributed by atoms with Crippen LogP contribution in [0.2, 0.25) is 0 Å². The van der Waals surface area contributed by atoms with E-state index in [4.69, 9.17) is 10.8 Å². The molecule has 4 aromatic rings. The minimum Gasteiger partial charge on any atom is -0.397 e. The Morgan fingerprint density at radius 2 is 2.04 bits per heavy atom. The van der Waals surface area contributed by atoms with Crippen LogP contribution in [0.3, 0.4) is 0 Å². The summed E-state index contributed by atoms with van der Waals surface area (Å²) in [7, 11) is 0. The highest BCUT2D eigenvalue weighted by molar-refractivity contribution is 5.98. The third-order valence-corrected chi connectivity index (χ3v) is 4.43. The maximum absolute atomic E-state index is 14.2. The smallest absolute Gasteiger partial charge is 0.261 e. The van der Waals surface area contributed by atoms with Crippen molar-refractivity contribution in [2.24, 2.45) is 0 Å². The third-order valence-electron chi connectivity index (χ3n) is 4.43. The number of nitrogens with zero attached hydrogens (tertiary/aromatic N) is 1. The van der Waals surface area contributed by atoms with E-state index in [9.17, 15) is 9.18 Å². The number of aromatic nitrogens is 3. The Balaban J connectivity index is 1.82. The molecule has 2 aromatic carbocycles. The number of halogens is 1. The molecule has 6 N–H and O–H groups in total. The number of pyridine rings is 1. The van der Waals surface area contributed by atoms with Gasteiger partial charge < -0.3 is 26.1 Å². The molecule has 0 amide bonds. The van der Waals surface area contributed by atoms with Crippen molar-refractivity contribution in [1.82, 2.24) is 20.3 Å². The van der Waals surface area contributed by atoms with E-state index in [1.807, 2.05) is 18.2 Å². The van der Waals surface area contributed by atoms with Crippen molar-refractivity contribution in [3.63, 3.8) is 0 Å². The molecule has 0 radical (unpaired) electrons. The number of nitrogen functional groups attached to an aromatic ring is 1. The number of nitrogens with two attached hydrogens (primary N) is 1. The van der Waals surface area contributed by atoms with E-state index in [-0.39, 0.29) is 29.1 Å². The monoisotopic (exact) mass is 367 g/mol. The molecule has 0 unspecified atom stereocenters. The fourth-order valence-corrected chi connectivity index (χ4v) is 3.17. The summed E-state index contributed by atoms with van der Waals surface area (Å²) < 4.78 is 14.2. The fourth-order valence-electron chi connectivity index (χ4n) is 3.17. The summed E-state index contributed by atoms with van der Waals surface area (Å²) in [5, 5.41) is 12.1. The van der Waals surface area contributed by atoms with Gasteiger partial charge in [-0.05, 0) is 29.8 Å². The number of aliphatic hydroxyl groups is 1. The van der Waals surface area contributed by atoms with Gasteiger partial charge in [0.15, 0.2) is 0 Å². The van der Waals surface area contributed by atoms with Crippen LogP contribution in [0, 0.1) is 5.82 Å². The quantitative estimate of drug-likeness (QED) is 0.345. The molecule has 2 aromatic heterocycles. The van der Waals surface area contributed by atoms with Gasteiger partial charge in [-0.15, -0.1) is 0 Å². The molecule has 2 heterocycles. The molecular weight excluding hydrogens is 349 g/mol. The molecule has 4 rings (SSSR count). The molecule has 0 bridgehead atoms. The van der Waals surface area contributed by atoms with Gasteiger partial charge in [0, 0.05) is 13.1 Å². The van der Waals surface area contributed by atoms with Crippen molar-refractivity contribution < 1.29 is 9.50 Å². The average Bonchev–Trinajstić information content (AvgIpc) is 3.04. The fraction of sp³-hybridized carbons (Fsp3) is 0.158. The predicted molar refractivity (Wildman–Crippen MR) is 103 cm³/mol. The highest BCUT2D eigenvalue weighted by Crippen LogP contribution is 2.29. The maximum Gasteiger partial charge on any atom is 0.261 e. The van der Waals surface area contributed by atoms with Gasteiger partial charge in [-0.25, -0.2) is 9.37 Å². The number of aliphatic hydroxyl groups excluding tert-OH is 1. The number of rotatable bonds is 5. The number of aromatic amines is 2. The van der Waals surface area contributed by atoms with Crippen LogP contribution in [0.5, 0.6) is 0 Å². The Hall–Kier alpha value is -3.23. The second-order valence-electron chi connectivity index (χ2n) is 6.24. The summed E-state index contributed by atoms with van der Waals surface area (Å²) in [6.45, 7) is 1.16. The van der Waals surface area contributed by atoms with E-state index in [2.05, 4.69) is 20.3 Å². The van der Waals surface area contributed by atoms with Crippen molar-refractivity contribution in [2.45, 2.75) is 6.54 Å². The second kappa shape index (κ2) is 6.82. The van der Waals surface area contributed by atoms with E-state index in [0.717, 1.165) is 11.1 Å². The number of imidazole rings is 1. The van der Waals surface area contributed by atoms with E-state index in [1.165, 1.54) is 12.1 Å². The molecule has 0 fully saturated rings. The molecule has 0 aliphatic carbocycles. The van der Waals surface area contributed by atoms with Crippen molar-refractivity contribution >= 4 is 27.6 Å². The van der Waals surface area contributed by atoms with Crippen LogP contribution in [-0.4, -0.2) is 33.2 Å². The van der Waals surface area contributed by atoms with E-state index < -0.39 is 11.4 Å². The third kappa shape index (κ3) is 3.05. The maximum atomic E-state index is 14.2. The Bertz CT molecular complexity index is 1200. The lowest BCUT2D eigenvalue weighted by molar-refractivity contribution is 0.292. The first-order valence-electron chi connectivity index (χ1n) is 8.49. The zero-order valence-corrected chi connectivity index (χ0v) is 14.3. The first-order chi connectivity index (χ1) is 13.1. The van der Waals surface area contributed by atoms with Gasteiger partial charge in [0.2, 0.25) is 0 Å². The molecule has 0 saturated carbocycles. The Kier molecular flexibility index (Phi) is 4.35. The Morgan fingerprint density at radius 1 is 1.19 bits per heavy atom. The van der Waals surface area contributed by atoms with Gasteiger partial charge in [-0.2, -0.15) is 0 Å². The zero-order chi connectivity index (χ0) is 19.0. The largest absolute Gasteiger partial charge is 0.397 e. The van der Waals surface area contributed by atoms with Crippen molar-refractivity contribution in [1.29, 1.82) is 0 Å². The van der Waals surface area contributed by atoms with Crippen LogP contribution >= 0.6 is 0 Å². The SMILES string of the molecule is Nc1c(-c2nc3ccc(CNCCO)cc3[nH]2)c(=O)[nH]c2cccc(F)c12. The summed E-state index contributed by atoms with van der Waals surface area (Å²) in [5.74, 6) is -0.217. The van der Waals surface area contributed by atoms with Crippen LogP contribution in [0.25, 0.3) is 33.3 Å². The van der Waals surface area contributed by atoms with Crippen molar-refractivity contribution in [2.75, 3.05) is 18.9 Å². The molecule has 0 saturated heterocycles. The minimum absolute atomic E-state index is 0.0516. The summed E-state index contributed by atoms with van der Waals surface area (Å²) >= 11 is 0. The first-order valence-corrected chi connectivity index (χ1v) is 8.49. The topological polar surface area (TPSA) is 120 Å². The number of hydrogen-bond acceptors (Lipinski definition) is 5. The van der Waals surface area contributed by atoms with Gasteiger partial charge >= 0.3 is 0 Å². The van der Waals surface area contributed by atoms with E-state index >= 15 is 0 Å². The van der Waals surface area contributed by atoms with E-state index in [0.29, 0.717) is 24.1 Å².